The Bertz CT molecular complexity index is 3650. The lowest BCUT2D eigenvalue weighted by molar-refractivity contribution is 1.81. The van der Waals surface area contributed by atoms with Crippen LogP contribution in [0.3, 0.4) is 0 Å². The van der Waals surface area contributed by atoms with Crippen molar-refractivity contribution in [3.05, 3.63) is 0 Å². The van der Waals surface area contributed by atoms with Crippen molar-refractivity contribution < 1.29 is 0 Å². The van der Waals surface area contributed by atoms with Crippen LogP contribution in [0.5, 0.6) is 0 Å². The third kappa shape index (κ3) is 6.98. The van der Waals surface area contributed by atoms with Crippen molar-refractivity contribution in [2.24, 2.45) is 0 Å². The van der Waals surface area contributed by atoms with Crippen molar-refractivity contribution in [2.75, 3.05) is 0 Å². The molecule has 0 fully saturated rings. The summed E-state index contributed by atoms with van der Waals surface area (Å²) < 4.78 is 0. The molecule has 70 heavy (non-hydrogen) atoms. The average Bonchev–Trinajstić information content (AvgIpc) is 3.33. The first-order chi connectivity index (χ1) is 32.5. The van der Waals surface area contributed by atoms with Crippen LogP contribution in [0.2, 0.25) is 0 Å². The van der Waals surface area contributed by atoms with E-state index >= 15 is 0 Å². The number of fused-ring (bicyclic) bond motifs is 3. The molecule has 8 aromatic carbocycles. The molecule has 0 aliphatic heterocycles. The summed E-state index contributed by atoms with van der Waals surface area (Å²) >= 11 is 0. The van der Waals surface area contributed by atoms with Crippen LogP contribution in [0, 0.1) is 0 Å². The van der Waals surface area contributed by atoms with Crippen molar-refractivity contribution in [1.29, 1.82) is 0 Å². The number of hydrogen-bond acceptors (Lipinski definition) is 0. The highest BCUT2D eigenvalue weighted by atomic mass is 14.3. The highest BCUT2D eigenvalue weighted by molar-refractivity contribution is 6.77. The molecule has 8 aromatic rings. The van der Waals surface area contributed by atoms with Gasteiger partial charge in [-0.25, -0.2) is 0 Å². The van der Waals surface area contributed by atoms with Gasteiger partial charge in [0, 0.05) is 0 Å². The van der Waals surface area contributed by atoms with Crippen LogP contribution in [0.4, 0.5) is 0 Å². The molecule has 0 aliphatic rings. The maximum atomic E-state index is 7.14. The van der Waals surface area contributed by atoms with Crippen LogP contribution in [0.15, 0.2) is 0 Å². The van der Waals surface area contributed by atoms with Crippen LogP contribution >= 0.6 is 0 Å². The second-order valence-electron chi connectivity index (χ2n) is 16.8. The van der Waals surface area contributed by atoms with Crippen LogP contribution in [0.1, 0.15) is 0 Å². The standard InChI is InChI=1S/C42B28/c43-15-11(28(56)33(61)29(57)12(15)14-30(58)40(68)42(70)41(69)31(14)59)13-24(52)22(50)9(23(51)25(13)53)2-6-3(17(45)34(62)36(64)19(6)47)1(4-7(2)20(48)37(65)35(63)18(4)46)5-8-10(26(54)32(60)16(5)44)27(55)39(67)38(66)21(8)49. The fourth-order valence-corrected chi connectivity index (χ4v) is 9.48. The predicted molar refractivity (Wildman–Crippen MR) is 332 cm³/mol. The topological polar surface area (TPSA) is 0 Å². The van der Waals surface area contributed by atoms with E-state index in [0.29, 0.717) is 0 Å². The lowest BCUT2D eigenvalue weighted by Crippen LogP contribution is -2.57. The van der Waals surface area contributed by atoms with E-state index < -0.39 is 0 Å². The van der Waals surface area contributed by atoms with Gasteiger partial charge in [0.2, 0.25) is 0 Å². The molecule has 8 rings (SSSR count). The van der Waals surface area contributed by atoms with Crippen molar-refractivity contribution in [2.45, 2.75) is 0 Å². The van der Waals surface area contributed by atoms with Crippen LogP contribution in [-0.4, -0.2) is 220 Å². The Morgan fingerprint density at radius 1 is 0.0857 bits per heavy atom. The van der Waals surface area contributed by atoms with Gasteiger partial charge in [0.05, 0.1) is 0 Å². The molecular weight excluding hydrogens is 807 g/mol. The Labute approximate surface area is 446 Å². The summed E-state index contributed by atoms with van der Waals surface area (Å²) in [5.74, 6) is 0. The molecule has 0 spiro atoms. The highest BCUT2D eigenvalue weighted by Crippen LogP contribution is 2.40. The maximum absolute atomic E-state index is 7.14. The molecule has 0 aliphatic carbocycles. The molecule has 0 amide bonds. The summed E-state index contributed by atoms with van der Waals surface area (Å²) in [6.45, 7) is 0. The Kier molecular flexibility index (Phi) is 13.6. The summed E-state index contributed by atoms with van der Waals surface area (Å²) in [7, 11) is 188. The van der Waals surface area contributed by atoms with Gasteiger partial charge in [-0.1, -0.05) is 92.9 Å². The molecule has 28 heteroatoms. The zero-order chi connectivity index (χ0) is 52.2. The van der Waals surface area contributed by atoms with Crippen LogP contribution in [0.25, 0.3) is 76.8 Å². The van der Waals surface area contributed by atoms with Crippen molar-refractivity contribution in [1.82, 2.24) is 0 Å². The molecule has 0 heterocycles. The van der Waals surface area contributed by atoms with E-state index in [1.54, 1.807) is 0 Å². The minimum Gasteiger partial charge on any atom is -0.112 e. The molecule has 0 saturated carbocycles. The normalized spacial score (nSPS) is 11.6. The molecule has 0 saturated heterocycles. The summed E-state index contributed by atoms with van der Waals surface area (Å²) in [4.78, 5) is 0. The van der Waals surface area contributed by atoms with E-state index in [2.05, 4.69) is 0 Å². The minimum atomic E-state index is -0.295. The van der Waals surface area contributed by atoms with Gasteiger partial charge in [-0.3, -0.25) is 0 Å². The number of rotatable bonds is 4. The zero-order valence-corrected chi connectivity index (χ0v) is 37.2. The Balaban J connectivity index is 1.65. The molecule has 252 valence electrons. The fraction of sp³-hybridized carbons (Fsp3) is 0. The molecule has 0 N–H and O–H groups in total. The third-order valence-corrected chi connectivity index (χ3v) is 13.4. The highest BCUT2D eigenvalue weighted by Gasteiger charge is 2.31. The monoisotopic (exact) mass is 812 g/mol. The van der Waals surface area contributed by atoms with Crippen molar-refractivity contribution >= 4 is 405 Å². The zero-order valence-electron chi connectivity index (χ0n) is 37.2. The summed E-state index contributed by atoms with van der Waals surface area (Å²) in [5, 5.41) is 0.000133. The van der Waals surface area contributed by atoms with Gasteiger partial charge in [-0.05, 0) is 76.8 Å². The molecule has 0 aromatic heterocycles. The first-order valence-electron chi connectivity index (χ1n) is 20.3. The molecule has 56 radical (unpaired) electrons. The molecule has 0 unspecified atom stereocenters. The third-order valence-electron chi connectivity index (χ3n) is 13.4. The number of benzene rings is 8. The van der Waals surface area contributed by atoms with E-state index in [-0.39, 0.29) is 230 Å². The van der Waals surface area contributed by atoms with Gasteiger partial charge in [-0.2, -0.15) is 0 Å². The van der Waals surface area contributed by atoms with E-state index in [0.717, 1.165) is 0 Å². The van der Waals surface area contributed by atoms with Crippen LogP contribution in [-0.2, 0) is 0 Å². The first-order valence-corrected chi connectivity index (χ1v) is 20.3. The summed E-state index contributed by atoms with van der Waals surface area (Å²) in [6.07, 6.45) is 0. The van der Waals surface area contributed by atoms with Crippen LogP contribution < -0.4 is 153 Å². The molecule has 0 bridgehead atoms. The Morgan fingerprint density at radius 2 is 0.214 bits per heavy atom. The Morgan fingerprint density at radius 3 is 0.500 bits per heavy atom. The minimum absolute atomic E-state index is 0.00593. The number of hydrogen-bond donors (Lipinski definition) is 0. The second-order valence-corrected chi connectivity index (χ2v) is 16.8. The smallest absolute Gasteiger partial charge is 0.112 e. The van der Waals surface area contributed by atoms with Gasteiger partial charge in [0.15, 0.2) is 0 Å². The average molecular weight is 807 g/mol. The fourth-order valence-electron chi connectivity index (χ4n) is 9.48. The van der Waals surface area contributed by atoms with Gasteiger partial charge < -0.3 is 0 Å². The summed E-state index contributed by atoms with van der Waals surface area (Å²) in [6, 6.07) is 0. The molecule has 0 nitrogen and oxygen atoms in total. The molecular formula is C42B28. The van der Waals surface area contributed by atoms with Gasteiger partial charge in [-0.15, -0.1) is 60.1 Å². The van der Waals surface area contributed by atoms with Crippen molar-refractivity contribution in [3.63, 3.8) is 0 Å². The summed E-state index contributed by atoms with van der Waals surface area (Å²) in [5.41, 5.74) is -5.63. The maximum Gasteiger partial charge on any atom is 0.115 e. The lowest BCUT2D eigenvalue weighted by Gasteiger charge is -2.34. The Hall–Kier alpha value is -3.64. The van der Waals surface area contributed by atoms with Crippen molar-refractivity contribution in [3.8, 4) is 44.5 Å². The van der Waals surface area contributed by atoms with Gasteiger partial charge in [0.25, 0.3) is 0 Å². The van der Waals surface area contributed by atoms with E-state index in [1.807, 2.05) is 0 Å². The largest absolute Gasteiger partial charge is 0.115 e. The van der Waals surface area contributed by atoms with Gasteiger partial charge in [0.1, 0.15) is 220 Å². The quantitative estimate of drug-likeness (QED) is 0.123. The van der Waals surface area contributed by atoms with E-state index in [1.165, 1.54) is 0 Å². The van der Waals surface area contributed by atoms with E-state index in [9.17, 15) is 0 Å². The van der Waals surface area contributed by atoms with Gasteiger partial charge >= 0.3 is 0 Å². The second kappa shape index (κ2) is 18.1. The van der Waals surface area contributed by atoms with E-state index in [4.69, 9.17) is 220 Å². The SMILES string of the molecule is [B]c1c([B])c([B])c(-c2c([B])c([B])c([B])c(-c3c([B])c([B])c(-c4c5c([B])c([B])c([B])c([B])c5c(-c5c([B])c([B])c([B])c6c([B])c([B])c([B])c([B])c56)c5c([B])c([B])c([B])c([B])c45)c([B])c3[B])c2[B])c([B])c1[B]. The molecule has 0 atom stereocenters. The first kappa shape index (κ1) is 52.7. The predicted octanol–water partition coefficient (Wildman–Crippen LogP) is -22.0. The lowest BCUT2D eigenvalue weighted by atomic mass is 9.54.